The van der Waals surface area contributed by atoms with Gasteiger partial charge in [0.2, 0.25) is 0 Å². The zero-order valence-electron chi connectivity index (χ0n) is 16.3. The molecular formula is C22H17N7OS. The van der Waals surface area contributed by atoms with Gasteiger partial charge in [-0.1, -0.05) is 42.5 Å². The van der Waals surface area contributed by atoms with Crippen molar-refractivity contribution in [2.24, 2.45) is 0 Å². The highest BCUT2D eigenvalue weighted by Gasteiger charge is 2.08. The van der Waals surface area contributed by atoms with Crippen molar-refractivity contribution in [1.82, 2.24) is 29.3 Å². The summed E-state index contributed by atoms with van der Waals surface area (Å²) < 4.78 is 10.2. The number of anilines is 1. The van der Waals surface area contributed by atoms with Crippen LogP contribution in [-0.4, -0.2) is 35.8 Å². The third-order valence-corrected chi connectivity index (χ3v) is 5.14. The number of fused-ring (bicyclic) bond motifs is 1. The molecule has 1 N–H and O–H groups in total. The Morgan fingerprint density at radius 3 is 2.58 bits per heavy atom. The second-order valence-corrected chi connectivity index (χ2v) is 7.34. The van der Waals surface area contributed by atoms with Gasteiger partial charge in [-0.15, -0.1) is 0 Å². The Balaban J connectivity index is 1.18. The van der Waals surface area contributed by atoms with Crippen molar-refractivity contribution in [3.05, 3.63) is 78.9 Å². The van der Waals surface area contributed by atoms with Gasteiger partial charge in [-0.05, 0) is 24.1 Å². The lowest BCUT2D eigenvalue weighted by Crippen LogP contribution is -2.07. The van der Waals surface area contributed by atoms with Crippen LogP contribution in [0.2, 0.25) is 0 Å². The first-order chi connectivity index (χ1) is 15.3. The quantitative estimate of drug-likeness (QED) is 0.408. The van der Waals surface area contributed by atoms with Crippen LogP contribution >= 0.6 is 11.5 Å². The molecule has 152 valence electrons. The molecule has 3 aromatic heterocycles. The van der Waals surface area contributed by atoms with Crippen molar-refractivity contribution < 1.29 is 4.74 Å². The fourth-order valence-corrected chi connectivity index (χ4v) is 3.60. The van der Waals surface area contributed by atoms with E-state index in [4.69, 9.17) is 4.74 Å². The van der Waals surface area contributed by atoms with Crippen molar-refractivity contribution in [2.45, 2.75) is 6.42 Å². The van der Waals surface area contributed by atoms with Crippen LogP contribution in [0.3, 0.4) is 0 Å². The van der Waals surface area contributed by atoms with Gasteiger partial charge in [-0.25, -0.2) is 19.9 Å². The fraction of sp³-hybridized carbons (Fsp3) is 0.0909. The van der Waals surface area contributed by atoms with Gasteiger partial charge in [0, 0.05) is 36.0 Å². The van der Waals surface area contributed by atoms with E-state index in [1.165, 1.54) is 23.4 Å². The van der Waals surface area contributed by atoms with Crippen molar-refractivity contribution in [2.75, 3.05) is 11.9 Å². The molecule has 0 aliphatic rings. The first kappa shape index (κ1) is 19.0. The minimum absolute atomic E-state index is 0.519. The lowest BCUT2D eigenvalue weighted by atomic mass is 10.1. The normalized spacial score (nSPS) is 10.8. The molecule has 5 aromatic rings. The molecule has 3 heterocycles. The number of hydrogen-bond donors (Lipinski definition) is 1. The Labute approximate surface area is 182 Å². The van der Waals surface area contributed by atoms with E-state index in [1.807, 2.05) is 54.6 Å². The first-order valence-electron chi connectivity index (χ1n) is 9.67. The number of nitrogens with zero attached hydrogens (tertiary/aromatic N) is 6. The summed E-state index contributed by atoms with van der Waals surface area (Å²) in [5.41, 5.74) is 3.39. The van der Waals surface area contributed by atoms with E-state index in [9.17, 15) is 0 Å². The van der Waals surface area contributed by atoms with Crippen molar-refractivity contribution in [1.29, 1.82) is 0 Å². The van der Waals surface area contributed by atoms with Gasteiger partial charge < -0.3 is 10.1 Å². The van der Waals surface area contributed by atoms with Gasteiger partial charge in [-0.3, -0.25) is 0 Å². The third kappa shape index (κ3) is 4.46. The van der Waals surface area contributed by atoms with E-state index in [0.29, 0.717) is 34.5 Å². The minimum atomic E-state index is 0.519. The highest BCUT2D eigenvalue weighted by molar-refractivity contribution is 7.07. The maximum absolute atomic E-state index is 5.85. The molecule has 0 saturated heterocycles. The Bertz CT molecular complexity index is 1290. The third-order valence-electron chi connectivity index (χ3n) is 4.54. The SMILES string of the molecule is c1ccc(-c2nsc(Oc3ccc(CCNc4ncnc5nccnc45)cc3)n2)cc1. The number of benzene rings is 2. The number of aromatic nitrogens is 6. The first-order valence-corrected chi connectivity index (χ1v) is 10.4. The Kier molecular flexibility index (Phi) is 5.40. The summed E-state index contributed by atoms with van der Waals surface area (Å²) in [7, 11) is 0. The summed E-state index contributed by atoms with van der Waals surface area (Å²) in [5, 5.41) is 3.83. The summed E-state index contributed by atoms with van der Waals surface area (Å²) in [6, 6.07) is 17.8. The average molecular weight is 427 g/mol. The van der Waals surface area contributed by atoms with E-state index in [0.717, 1.165) is 17.7 Å². The number of nitrogens with one attached hydrogen (secondary N) is 1. The molecule has 0 radical (unpaired) electrons. The van der Waals surface area contributed by atoms with Crippen LogP contribution in [0.5, 0.6) is 10.9 Å². The molecule has 9 heteroatoms. The molecule has 0 saturated carbocycles. The maximum Gasteiger partial charge on any atom is 0.299 e. The lowest BCUT2D eigenvalue weighted by Gasteiger charge is -2.07. The zero-order chi connectivity index (χ0) is 20.9. The molecule has 0 aliphatic carbocycles. The highest BCUT2D eigenvalue weighted by Crippen LogP contribution is 2.27. The largest absolute Gasteiger partial charge is 0.430 e. The van der Waals surface area contributed by atoms with Crippen LogP contribution in [0.4, 0.5) is 5.82 Å². The molecule has 0 spiro atoms. The lowest BCUT2D eigenvalue weighted by molar-refractivity contribution is 0.479. The van der Waals surface area contributed by atoms with Crippen LogP contribution < -0.4 is 10.1 Å². The smallest absolute Gasteiger partial charge is 0.299 e. The van der Waals surface area contributed by atoms with Gasteiger partial charge in [0.05, 0.1) is 0 Å². The van der Waals surface area contributed by atoms with Crippen molar-refractivity contribution >= 4 is 28.5 Å². The second kappa shape index (κ2) is 8.80. The Morgan fingerprint density at radius 2 is 1.71 bits per heavy atom. The predicted octanol–water partition coefficient (Wildman–Crippen LogP) is 4.39. The summed E-state index contributed by atoms with van der Waals surface area (Å²) in [4.78, 5) is 21.3. The molecular weight excluding hydrogens is 410 g/mol. The summed E-state index contributed by atoms with van der Waals surface area (Å²) >= 11 is 1.24. The minimum Gasteiger partial charge on any atom is -0.430 e. The predicted molar refractivity (Wildman–Crippen MR) is 119 cm³/mol. The van der Waals surface area contributed by atoms with Gasteiger partial charge in [0.25, 0.3) is 5.19 Å². The number of ether oxygens (including phenoxy) is 1. The monoisotopic (exact) mass is 427 g/mol. The van der Waals surface area contributed by atoms with Crippen molar-refractivity contribution in [3.63, 3.8) is 0 Å². The van der Waals surface area contributed by atoms with E-state index >= 15 is 0 Å². The number of rotatable bonds is 7. The van der Waals surface area contributed by atoms with Crippen LogP contribution in [0.25, 0.3) is 22.6 Å². The van der Waals surface area contributed by atoms with E-state index in [-0.39, 0.29) is 0 Å². The number of hydrogen-bond acceptors (Lipinski definition) is 9. The maximum atomic E-state index is 5.85. The molecule has 2 aromatic carbocycles. The standard InChI is InChI=1S/C22H17N7OS/c1-2-4-16(5-3-1)19-28-22(31-29-19)30-17-8-6-15(7-9-17)10-11-24-20-18-21(27-14-26-20)25-13-12-23-18/h1-9,12-14H,10-11H2,(H,24,25,26,27). The second-order valence-electron chi connectivity index (χ2n) is 6.62. The molecule has 0 atom stereocenters. The van der Waals surface area contributed by atoms with Crippen LogP contribution in [0, 0.1) is 0 Å². The highest BCUT2D eigenvalue weighted by atomic mass is 32.1. The topological polar surface area (TPSA) is 98.6 Å². The molecule has 0 unspecified atom stereocenters. The Hall–Kier alpha value is -3.98. The summed E-state index contributed by atoms with van der Waals surface area (Å²) in [6.45, 7) is 0.708. The molecule has 0 amide bonds. The summed E-state index contributed by atoms with van der Waals surface area (Å²) in [5.74, 6) is 2.08. The Morgan fingerprint density at radius 1 is 0.871 bits per heavy atom. The zero-order valence-corrected chi connectivity index (χ0v) is 17.2. The molecule has 5 rings (SSSR count). The fourth-order valence-electron chi connectivity index (χ4n) is 3.03. The van der Waals surface area contributed by atoms with E-state index in [2.05, 4.69) is 34.6 Å². The van der Waals surface area contributed by atoms with Gasteiger partial charge >= 0.3 is 0 Å². The molecule has 31 heavy (non-hydrogen) atoms. The summed E-state index contributed by atoms with van der Waals surface area (Å²) in [6.07, 6.45) is 5.56. The van der Waals surface area contributed by atoms with Crippen molar-refractivity contribution in [3.8, 4) is 22.3 Å². The average Bonchev–Trinajstić information content (AvgIpc) is 3.29. The van der Waals surface area contributed by atoms with E-state index in [1.54, 1.807) is 12.4 Å². The van der Waals surface area contributed by atoms with E-state index < -0.39 is 0 Å². The van der Waals surface area contributed by atoms with Gasteiger partial charge in [-0.2, -0.15) is 9.36 Å². The molecule has 0 fully saturated rings. The van der Waals surface area contributed by atoms with Crippen LogP contribution in [-0.2, 0) is 6.42 Å². The van der Waals surface area contributed by atoms with Crippen LogP contribution in [0.15, 0.2) is 73.3 Å². The van der Waals surface area contributed by atoms with Gasteiger partial charge in [0.15, 0.2) is 17.3 Å². The molecule has 0 aliphatic heterocycles. The molecule has 0 bridgehead atoms. The molecule has 8 nitrogen and oxygen atoms in total. The van der Waals surface area contributed by atoms with Gasteiger partial charge in [0.1, 0.15) is 17.6 Å². The van der Waals surface area contributed by atoms with Crippen LogP contribution in [0.1, 0.15) is 5.56 Å².